The third kappa shape index (κ3) is 2.65. The zero-order chi connectivity index (χ0) is 14.0. The molecule has 0 amide bonds. The summed E-state index contributed by atoms with van der Waals surface area (Å²) in [6.45, 7) is 1.93. The maximum absolute atomic E-state index is 13.1. The number of hydrogen-bond acceptors (Lipinski definition) is 3. The predicted molar refractivity (Wildman–Crippen MR) is 70.0 cm³/mol. The Balaban J connectivity index is 2.58. The number of nitrogens with zero attached hydrogens (tertiary/aromatic N) is 3. The van der Waals surface area contributed by atoms with Gasteiger partial charge in [-0.1, -0.05) is 18.6 Å². The molecule has 0 saturated carbocycles. The normalized spacial score (nSPS) is 10.7. The molecule has 0 fully saturated rings. The summed E-state index contributed by atoms with van der Waals surface area (Å²) < 4.78 is 15.0. The summed E-state index contributed by atoms with van der Waals surface area (Å²) in [5.74, 6) is -1.50. The largest absolute Gasteiger partial charge is 0.476 e. The van der Waals surface area contributed by atoms with Crippen molar-refractivity contribution >= 4 is 21.9 Å². The van der Waals surface area contributed by atoms with Gasteiger partial charge in [0.1, 0.15) is 5.82 Å². The van der Waals surface area contributed by atoms with Gasteiger partial charge in [0.05, 0.1) is 11.4 Å². The molecule has 0 aliphatic rings. The Morgan fingerprint density at radius 3 is 2.84 bits per heavy atom. The van der Waals surface area contributed by atoms with Gasteiger partial charge < -0.3 is 5.11 Å². The second kappa shape index (κ2) is 5.48. The maximum atomic E-state index is 13.1. The van der Waals surface area contributed by atoms with Crippen LogP contribution in [0.25, 0.3) is 5.69 Å². The highest BCUT2D eigenvalue weighted by atomic mass is 79.9. The molecular weight excluding hydrogens is 317 g/mol. The van der Waals surface area contributed by atoms with Gasteiger partial charge in [0, 0.05) is 4.47 Å². The van der Waals surface area contributed by atoms with Crippen molar-refractivity contribution in [2.45, 2.75) is 19.8 Å². The van der Waals surface area contributed by atoms with Crippen molar-refractivity contribution in [2.75, 3.05) is 0 Å². The lowest BCUT2D eigenvalue weighted by atomic mass is 10.2. The van der Waals surface area contributed by atoms with E-state index in [-0.39, 0.29) is 11.5 Å². The summed E-state index contributed by atoms with van der Waals surface area (Å²) in [6, 6.07) is 4.12. The van der Waals surface area contributed by atoms with Gasteiger partial charge in [-0.25, -0.2) is 13.9 Å². The lowest BCUT2D eigenvalue weighted by Crippen LogP contribution is -2.07. The Labute approximate surface area is 117 Å². The summed E-state index contributed by atoms with van der Waals surface area (Å²) in [5.41, 5.74) is 0.991. The minimum atomic E-state index is -1.12. The number of carbonyl (C=O) groups is 1. The summed E-state index contributed by atoms with van der Waals surface area (Å²) in [6.07, 6.45) is 1.28. The van der Waals surface area contributed by atoms with Crippen molar-refractivity contribution in [3.05, 3.63) is 39.9 Å². The third-order valence-electron chi connectivity index (χ3n) is 2.59. The highest BCUT2D eigenvalue weighted by molar-refractivity contribution is 9.10. The van der Waals surface area contributed by atoms with Crippen LogP contribution in [0.3, 0.4) is 0 Å². The maximum Gasteiger partial charge on any atom is 0.358 e. The number of carboxylic acids is 1. The van der Waals surface area contributed by atoms with Gasteiger partial charge >= 0.3 is 5.97 Å². The fourth-order valence-corrected chi connectivity index (χ4v) is 2.29. The van der Waals surface area contributed by atoms with Crippen LogP contribution in [0.2, 0.25) is 0 Å². The van der Waals surface area contributed by atoms with Gasteiger partial charge in [-0.2, -0.15) is 0 Å². The fraction of sp³-hybridized carbons (Fsp3) is 0.250. The average molecular weight is 328 g/mol. The molecule has 0 saturated heterocycles. The number of rotatable bonds is 4. The fourth-order valence-electron chi connectivity index (χ4n) is 1.78. The number of hydrogen-bond donors (Lipinski definition) is 1. The van der Waals surface area contributed by atoms with E-state index in [1.54, 1.807) is 0 Å². The van der Waals surface area contributed by atoms with Gasteiger partial charge in [-0.05, 0) is 40.5 Å². The molecule has 7 heteroatoms. The monoisotopic (exact) mass is 327 g/mol. The SMILES string of the molecule is CCCc1c(C(=O)O)nnn1-c1ccc(F)cc1Br. The minimum absolute atomic E-state index is 0.0712. The minimum Gasteiger partial charge on any atom is -0.476 e. The number of aromatic nitrogens is 3. The molecule has 1 aromatic heterocycles. The quantitative estimate of drug-likeness (QED) is 0.937. The summed E-state index contributed by atoms with van der Waals surface area (Å²) >= 11 is 3.24. The molecule has 1 N–H and O–H groups in total. The van der Waals surface area contributed by atoms with E-state index in [0.29, 0.717) is 22.3 Å². The van der Waals surface area contributed by atoms with E-state index in [0.717, 1.165) is 6.42 Å². The molecule has 0 spiro atoms. The van der Waals surface area contributed by atoms with Gasteiger partial charge in [-0.3, -0.25) is 0 Å². The first kappa shape index (κ1) is 13.7. The summed E-state index contributed by atoms with van der Waals surface area (Å²) in [5, 5.41) is 16.6. The molecule has 0 unspecified atom stereocenters. The number of aromatic carboxylic acids is 1. The standard InChI is InChI=1S/C12H11BrFN3O2/c1-2-3-10-11(12(18)19)15-16-17(10)9-5-4-7(14)6-8(9)13/h4-6H,2-3H2,1H3,(H,18,19). The van der Waals surface area contributed by atoms with Crippen LogP contribution in [0.4, 0.5) is 4.39 Å². The highest BCUT2D eigenvalue weighted by Crippen LogP contribution is 2.24. The third-order valence-corrected chi connectivity index (χ3v) is 3.23. The average Bonchev–Trinajstić information content (AvgIpc) is 2.73. The Hall–Kier alpha value is -1.76. The second-order valence-electron chi connectivity index (χ2n) is 3.95. The van der Waals surface area contributed by atoms with Gasteiger partial charge in [0.15, 0.2) is 5.69 Å². The number of carboxylic acid groups (broad SMARTS) is 1. The first-order valence-electron chi connectivity index (χ1n) is 5.68. The van der Waals surface area contributed by atoms with E-state index in [4.69, 9.17) is 5.11 Å². The van der Waals surface area contributed by atoms with E-state index in [2.05, 4.69) is 26.2 Å². The first-order chi connectivity index (χ1) is 9.04. The first-order valence-corrected chi connectivity index (χ1v) is 6.47. The van der Waals surface area contributed by atoms with Crippen LogP contribution in [0.15, 0.2) is 22.7 Å². The zero-order valence-electron chi connectivity index (χ0n) is 10.1. The van der Waals surface area contributed by atoms with Crippen molar-refractivity contribution in [2.24, 2.45) is 0 Å². The van der Waals surface area contributed by atoms with Crippen LogP contribution in [-0.4, -0.2) is 26.1 Å². The van der Waals surface area contributed by atoms with Crippen LogP contribution in [-0.2, 0) is 6.42 Å². The predicted octanol–water partition coefficient (Wildman–Crippen LogP) is 2.82. The van der Waals surface area contributed by atoms with Crippen molar-refractivity contribution < 1.29 is 14.3 Å². The Morgan fingerprint density at radius 2 is 2.26 bits per heavy atom. The molecule has 0 aliphatic heterocycles. The van der Waals surface area contributed by atoms with Gasteiger partial charge in [-0.15, -0.1) is 5.10 Å². The van der Waals surface area contributed by atoms with E-state index >= 15 is 0 Å². The van der Waals surface area contributed by atoms with Crippen LogP contribution in [0.1, 0.15) is 29.5 Å². The van der Waals surface area contributed by atoms with Gasteiger partial charge in [0.25, 0.3) is 0 Å². The second-order valence-corrected chi connectivity index (χ2v) is 4.80. The lowest BCUT2D eigenvalue weighted by molar-refractivity contribution is 0.0689. The molecule has 0 aliphatic carbocycles. The number of halogens is 2. The molecule has 0 bridgehead atoms. The molecule has 19 heavy (non-hydrogen) atoms. The molecule has 100 valence electrons. The van der Waals surface area contributed by atoms with Crippen molar-refractivity contribution in [3.8, 4) is 5.69 Å². The Morgan fingerprint density at radius 1 is 1.53 bits per heavy atom. The number of benzene rings is 1. The van der Waals surface area contributed by atoms with Gasteiger partial charge in [0.2, 0.25) is 0 Å². The van der Waals surface area contributed by atoms with Crippen LogP contribution in [0, 0.1) is 5.82 Å². The smallest absolute Gasteiger partial charge is 0.358 e. The molecular formula is C12H11BrFN3O2. The van der Waals surface area contributed by atoms with Crippen LogP contribution in [0.5, 0.6) is 0 Å². The van der Waals surface area contributed by atoms with Crippen molar-refractivity contribution in [3.63, 3.8) is 0 Å². The highest BCUT2D eigenvalue weighted by Gasteiger charge is 2.20. The lowest BCUT2D eigenvalue weighted by Gasteiger charge is -2.08. The van der Waals surface area contributed by atoms with E-state index in [1.807, 2.05) is 6.92 Å². The Bertz CT molecular complexity index is 627. The van der Waals surface area contributed by atoms with Crippen LogP contribution >= 0.6 is 15.9 Å². The summed E-state index contributed by atoms with van der Waals surface area (Å²) in [4.78, 5) is 11.1. The van der Waals surface area contributed by atoms with Crippen molar-refractivity contribution in [1.29, 1.82) is 0 Å². The zero-order valence-corrected chi connectivity index (χ0v) is 11.7. The van der Waals surface area contributed by atoms with E-state index < -0.39 is 5.97 Å². The Kier molecular flexibility index (Phi) is 3.94. The molecule has 5 nitrogen and oxygen atoms in total. The molecule has 0 radical (unpaired) electrons. The van der Waals surface area contributed by atoms with Crippen molar-refractivity contribution in [1.82, 2.24) is 15.0 Å². The molecule has 2 rings (SSSR count). The van der Waals surface area contributed by atoms with E-state index in [9.17, 15) is 9.18 Å². The molecule has 1 heterocycles. The molecule has 0 atom stereocenters. The molecule has 2 aromatic rings. The van der Waals surface area contributed by atoms with Crippen LogP contribution < -0.4 is 0 Å². The topological polar surface area (TPSA) is 68.0 Å². The summed E-state index contributed by atoms with van der Waals surface area (Å²) in [7, 11) is 0. The van der Waals surface area contributed by atoms with E-state index in [1.165, 1.54) is 22.9 Å². The molecule has 1 aromatic carbocycles.